The summed E-state index contributed by atoms with van der Waals surface area (Å²) < 4.78 is 3.96. The Balaban J connectivity index is 3.47. The number of esters is 2. The molecule has 0 saturated heterocycles. The van der Waals surface area contributed by atoms with Crippen molar-refractivity contribution in [2.45, 2.75) is 13.3 Å². The van der Waals surface area contributed by atoms with E-state index < -0.39 is 18.5 Å². The molecule has 0 saturated carbocycles. The molecule has 0 heterocycles. The minimum absolute atomic E-state index is 0.117. The molecule has 0 aliphatic heterocycles. The lowest BCUT2D eigenvalue weighted by molar-refractivity contribution is -0.162. The van der Waals surface area contributed by atoms with E-state index in [0.717, 1.165) is 0 Å². The quantitative estimate of drug-likeness (QED) is 0.388. The number of hydrogen-bond donors (Lipinski definition) is 0. The van der Waals surface area contributed by atoms with Gasteiger partial charge in [0.1, 0.15) is 0 Å². The summed E-state index contributed by atoms with van der Waals surface area (Å²) in [6, 6.07) is 0. The first-order chi connectivity index (χ1) is 4.20. The number of carbonyl (C=O) groups excluding carboxylic acids is 2. The van der Waals surface area contributed by atoms with Gasteiger partial charge in [0.25, 0.3) is 0 Å². The van der Waals surface area contributed by atoms with Gasteiger partial charge < -0.3 is 4.74 Å². The maximum absolute atomic E-state index is 10.2. The SMILES string of the molecule is CCC(=O)OC(=O)C[O]. The molecule has 0 aliphatic carbocycles. The van der Waals surface area contributed by atoms with Crippen LogP contribution in [0.5, 0.6) is 0 Å². The fourth-order valence-electron chi connectivity index (χ4n) is 0.229. The standard InChI is InChI=1S/C5H7O4/c1-2-4(7)9-5(8)3-6/h2-3H2,1H3. The van der Waals surface area contributed by atoms with Gasteiger partial charge in [-0.05, 0) is 0 Å². The maximum atomic E-state index is 10.2. The van der Waals surface area contributed by atoms with E-state index in [4.69, 9.17) is 0 Å². The van der Waals surface area contributed by atoms with Crippen molar-refractivity contribution < 1.29 is 19.4 Å². The second kappa shape index (κ2) is 4.03. The van der Waals surface area contributed by atoms with E-state index >= 15 is 0 Å². The molecule has 0 rings (SSSR count). The topological polar surface area (TPSA) is 63.3 Å². The van der Waals surface area contributed by atoms with Gasteiger partial charge in [0.2, 0.25) is 0 Å². The minimum Gasteiger partial charge on any atom is -0.391 e. The Morgan fingerprint density at radius 1 is 1.33 bits per heavy atom. The lowest BCUT2D eigenvalue weighted by atomic mass is 10.5. The van der Waals surface area contributed by atoms with Crippen LogP contribution in [0.15, 0.2) is 0 Å². The van der Waals surface area contributed by atoms with Crippen molar-refractivity contribution in [3.63, 3.8) is 0 Å². The zero-order valence-electron chi connectivity index (χ0n) is 5.05. The first kappa shape index (κ1) is 8.10. The maximum Gasteiger partial charge on any atom is 0.343 e. The first-order valence-electron chi connectivity index (χ1n) is 2.52. The monoisotopic (exact) mass is 131 g/mol. The van der Waals surface area contributed by atoms with Crippen LogP contribution >= 0.6 is 0 Å². The molecule has 0 unspecified atom stereocenters. The van der Waals surface area contributed by atoms with Crippen molar-refractivity contribution in [2.75, 3.05) is 6.61 Å². The molecule has 0 aromatic rings. The van der Waals surface area contributed by atoms with Crippen LogP contribution in [-0.2, 0) is 19.4 Å². The summed E-state index contributed by atoms with van der Waals surface area (Å²) in [7, 11) is 0. The predicted molar refractivity (Wildman–Crippen MR) is 26.9 cm³/mol. The molecular formula is C5H7O4. The number of carbonyl (C=O) groups is 2. The van der Waals surface area contributed by atoms with Crippen molar-refractivity contribution >= 4 is 11.9 Å². The summed E-state index contributed by atoms with van der Waals surface area (Å²) in [6.07, 6.45) is 0.117. The largest absolute Gasteiger partial charge is 0.391 e. The van der Waals surface area contributed by atoms with Crippen molar-refractivity contribution in [2.24, 2.45) is 0 Å². The van der Waals surface area contributed by atoms with E-state index in [-0.39, 0.29) is 6.42 Å². The third-order valence-electron chi connectivity index (χ3n) is 0.634. The van der Waals surface area contributed by atoms with Crippen LogP contribution in [0, 0.1) is 0 Å². The van der Waals surface area contributed by atoms with Crippen molar-refractivity contribution in [1.82, 2.24) is 0 Å². The van der Waals surface area contributed by atoms with Gasteiger partial charge in [-0.1, -0.05) is 6.92 Å². The highest BCUT2D eigenvalue weighted by molar-refractivity contribution is 5.85. The van der Waals surface area contributed by atoms with E-state index in [9.17, 15) is 14.7 Å². The van der Waals surface area contributed by atoms with Crippen LogP contribution in [0.25, 0.3) is 0 Å². The molecule has 0 fully saturated rings. The van der Waals surface area contributed by atoms with Gasteiger partial charge in [-0.3, -0.25) is 4.79 Å². The highest BCUT2D eigenvalue weighted by atomic mass is 16.6. The molecule has 0 aliphatic rings. The molecular weight excluding hydrogens is 124 g/mol. The Hall–Kier alpha value is -0.900. The zero-order chi connectivity index (χ0) is 7.28. The van der Waals surface area contributed by atoms with Crippen LogP contribution in [0.3, 0.4) is 0 Å². The molecule has 1 radical (unpaired) electrons. The summed E-state index contributed by atoms with van der Waals surface area (Å²) in [4.78, 5) is 20.2. The lowest BCUT2D eigenvalue weighted by Crippen LogP contribution is -2.13. The molecule has 0 aromatic heterocycles. The molecule has 0 spiro atoms. The minimum atomic E-state index is -1.01. The Labute approximate surface area is 52.4 Å². The van der Waals surface area contributed by atoms with Crippen LogP contribution in [0.1, 0.15) is 13.3 Å². The van der Waals surface area contributed by atoms with Gasteiger partial charge in [-0.15, -0.1) is 0 Å². The smallest absolute Gasteiger partial charge is 0.343 e. The highest BCUT2D eigenvalue weighted by Crippen LogP contribution is 1.83. The summed E-state index contributed by atoms with van der Waals surface area (Å²) in [6.45, 7) is 0.548. The molecule has 0 aromatic carbocycles. The summed E-state index contributed by atoms with van der Waals surface area (Å²) in [5.41, 5.74) is 0. The second-order valence-corrected chi connectivity index (χ2v) is 1.34. The van der Waals surface area contributed by atoms with Crippen LogP contribution in [0.4, 0.5) is 0 Å². The van der Waals surface area contributed by atoms with Gasteiger partial charge in [0.05, 0.1) is 0 Å². The van der Waals surface area contributed by atoms with Crippen molar-refractivity contribution in [1.29, 1.82) is 0 Å². The van der Waals surface area contributed by atoms with E-state index in [1.54, 1.807) is 6.92 Å². The van der Waals surface area contributed by atoms with Gasteiger partial charge in [-0.2, -0.15) is 0 Å². The van der Waals surface area contributed by atoms with Gasteiger partial charge in [0.15, 0.2) is 6.61 Å². The average molecular weight is 131 g/mol. The molecule has 9 heavy (non-hydrogen) atoms. The fourth-order valence-corrected chi connectivity index (χ4v) is 0.229. The lowest BCUT2D eigenvalue weighted by Gasteiger charge is -1.94. The molecule has 51 valence electrons. The predicted octanol–water partition coefficient (Wildman–Crippen LogP) is -0.103. The number of ether oxygens (including phenoxy) is 1. The Kier molecular flexibility index (Phi) is 3.62. The van der Waals surface area contributed by atoms with Crippen molar-refractivity contribution in [3.05, 3.63) is 0 Å². The van der Waals surface area contributed by atoms with Crippen LogP contribution < -0.4 is 0 Å². The van der Waals surface area contributed by atoms with Gasteiger partial charge in [-0.25, -0.2) is 9.90 Å². The van der Waals surface area contributed by atoms with E-state index in [1.807, 2.05) is 0 Å². The second-order valence-electron chi connectivity index (χ2n) is 1.34. The molecule has 4 nitrogen and oxygen atoms in total. The van der Waals surface area contributed by atoms with Gasteiger partial charge >= 0.3 is 11.9 Å². The third-order valence-corrected chi connectivity index (χ3v) is 0.634. The van der Waals surface area contributed by atoms with E-state index in [2.05, 4.69) is 4.74 Å². The molecule has 0 atom stereocenters. The van der Waals surface area contributed by atoms with E-state index in [0.29, 0.717) is 0 Å². The Bertz CT molecular complexity index is 104. The number of rotatable bonds is 2. The number of hydrogen-bond acceptors (Lipinski definition) is 3. The highest BCUT2D eigenvalue weighted by Gasteiger charge is 2.05. The Morgan fingerprint density at radius 3 is 2.22 bits per heavy atom. The third kappa shape index (κ3) is 3.66. The molecule has 0 amide bonds. The molecule has 0 N–H and O–H groups in total. The van der Waals surface area contributed by atoms with Crippen LogP contribution in [0.2, 0.25) is 0 Å². The summed E-state index contributed by atoms with van der Waals surface area (Å²) in [5.74, 6) is -1.67. The summed E-state index contributed by atoms with van der Waals surface area (Å²) >= 11 is 0. The van der Waals surface area contributed by atoms with Crippen LogP contribution in [-0.4, -0.2) is 18.5 Å². The normalized spacial score (nSPS) is 8.67. The van der Waals surface area contributed by atoms with Crippen molar-refractivity contribution in [3.8, 4) is 0 Å². The van der Waals surface area contributed by atoms with Gasteiger partial charge in [0, 0.05) is 6.42 Å². The fraction of sp³-hybridized carbons (Fsp3) is 0.600. The molecule has 0 bridgehead atoms. The Morgan fingerprint density at radius 2 is 1.89 bits per heavy atom. The van der Waals surface area contributed by atoms with E-state index in [1.165, 1.54) is 0 Å². The first-order valence-corrected chi connectivity index (χ1v) is 2.52. The molecule has 4 heteroatoms. The average Bonchev–Trinajstić information content (AvgIpc) is 1.87. The zero-order valence-corrected chi connectivity index (χ0v) is 5.05. The summed E-state index contributed by atoms with van der Waals surface area (Å²) in [5, 5.41) is 9.65.